The van der Waals surface area contributed by atoms with Crippen LogP contribution in [0.5, 0.6) is 0 Å². The Labute approximate surface area is 89.6 Å². The van der Waals surface area contributed by atoms with Crippen LogP contribution >= 0.6 is 0 Å². The van der Waals surface area contributed by atoms with E-state index in [0.29, 0.717) is 5.76 Å². The predicted molar refractivity (Wildman–Crippen MR) is 57.7 cm³/mol. The maximum absolute atomic E-state index is 12.0. The molecule has 0 aliphatic heterocycles. The van der Waals surface area contributed by atoms with Crippen LogP contribution < -0.4 is 5.73 Å². The first-order valence-corrected chi connectivity index (χ1v) is 5.53. The summed E-state index contributed by atoms with van der Waals surface area (Å²) in [5.41, 5.74) is 5.81. The number of ketones is 1. The van der Waals surface area contributed by atoms with E-state index in [1.165, 1.54) is 0 Å². The number of carbonyl (C=O) groups is 1. The molecule has 2 N–H and O–H groups in total. The molecule has 15 heavy (non-hydrogen) atoms. The fourth-order valence-corrected chi connectivity index (χ4v) is 2.15. The number of furan rings is 1. The minimum absolute atomic E-state index is 0.121. The van der Waals surface area contributed by atoms with Gasteiger partial charge in [0.15, 0.2) is 5.76 Å². The molecule has 3 nitrogen and oxygen atoms in total. The number of nitrogens with two attached hydrogens (primary N) is 1. The average molecular weight is 207 g/mol. The molecule has 1 aromatic heterocycles. The molecular formula is C12H17NO2. The normalized spacial score (nSPS) is 26.5. The van der Waals surface area contributed by atoms with Gasteiger partial charge in [-0.1, -0.05) is 0 Å². The van der Waals surface area contributed by atoms with Gasteiger partial charge in [-0.25, -0.2) is 0 Å². The zero-order chi connectivity index (χ0) is 10.8. The summed E-state index contributed by atoms with van der Waals surface area (Å²) in [6.07, 6.45) is 3.71. The van der Waals surface area contributed by atoms with Crippen LogP contribution in [0, 0.1) is 12.8 Å². The van der Waals surface area contributed by atoms with Gasteiger partial charge in [0.25, 0.3) is 0 Å². The van der Waals surface area contributed by atoms with Gasteiger partial charge in [-0.15, -0.1) is 0 Å². The Morgan fingerprint density at radius 2 is 2.00 bits per heavy atom. The van der Waals surface area contributed by atoms with E-state index in [4.69, 9.17) is 10.2 Å². The second-order valence-electron chi connectivity index (χ2n) is 4.39. The van der Waals surface area contributed by atoms with Gasteiger partial charge in [0.2, 0.25) is 5.78 Å². The number of hydrogen-bond donors (Lipinski definition) is 1. The third kappa shape index (κ3) is 2.29. The summed E-state index contributed by atoms with van der Waals surface area (Å²) in [5.74, 6) is 1.57. The Morgan fingerprint density at radius 1 is 1.33 bits per heavy atom. The van der Waals surface area contributed by atoms with Gasteiger partial charge < -0.3 is 10.2 Å². The Bertz CT molecular complexity index is 348. The predicted octanol–water partition coefficient (Wildman–Crippen LogP) is 2.29. The highest BCUT2D eigenvalue weighted by Crippen LogP contribution is 2.26. The van der Waals surface area contributed by atoms with Crippen LogP contribution in [0.4, 0.5) is 0 Å². The standard InChI is InChI=1S/C12H17NO2/c1-8-2-7-11(15-8)12(14)9-3-5-10(13)6-4-9/h2,7,9-10H,3-6,13H2,1H3. The van der Waals surface area contributed by atoms with Gasteiger partial charge in [-0.2, -0.15) is 0 Å². The second kappa shape index (κ2) is 4.19. The van der Waals surface area contributed by atoms with Gasteiger partial charge in [-0.05, 0) is 44.7 Å². The number of hydrogen-bond acceptors (Lipinski definition) is 3. The lowest BCUT2D eigenvalue weighted by Gasteiger charge is -2.24. The van der Waals surface area contributed by atoms with Gasteiger partial charge >= 0.3 is 0 Å². The van der Waals surface area contributed by atoms with Gasteiger partial charge in [0, 0.05) is 12.0 Å². The number of carbonyl (C=O) groups excluding carboxylic acids is 1. The summed E-state index contributed by atoms with van der Waals surface area (Å²) < 4.78 is 5.34. The Morgan fingerprint density at radius 3 is 2.53 bits per heavy atom. The summed E-state index contributed by atoms with van der Waals surface area (Å²) in [6, 6.07) is 3.89. The molecule has 1 aliphatic rings. The molecule has 1 aliphatic carbocycles. The van der Waals surface area contributed by atoms with Crippen LogP contribution in [0.1, 0.15) is 42.0 Å². The highest BCUT2D eigenvalue weighted by molar-refractivity contribution is 5.95. The maximum Gasteiger partial charge on any atom is 0.201 e. The van der Waals surface area contributed by atoms with E-state index in [2.05, 4.69) is 0 Å². The molecule has 3 heteroatoms. The highest BCUT2D eigenvalue weighted by atomic mass is 16.3. The van der Waals surface area contributed by atoms with Crippen molar-refractivity contribution < 1.29 is 9.21 Å². The Hall–Kier alpha value is -1.09. The lowest BCUT2D eigenvalue weighted by molar-refractivity contribution is 0.0854. The molecule has 0 amide bonds. The van der Waals surface area contributed by atoms with Crippen LogP contribution in [0.3, 0.4) is 0 Å². The summed E-state index contributed by atoms with van der Waals surface area (Å²) in [4.78, 5) is 12.0. The van der Waals surface area contributed by atoms with E-state index < -0.39 is 0 Å². The number of rotatable bonds is 2. The minimum atomic E-state index is 0.121. The molecule has 0 saturated heterocycles. The first-order chi connectivity index (χ1) is 7.16. The smallest absolute Gasteiger partial charge is 0.201 e. The van der Waals surface area contributed by atoms with Crippen LogP contribution in [-0.4, -0.2) is 11.8 Å². The number of aryl methyl sites for hydroxylation is 1. The second-order valence-corrected chi connectivity index (χ2v) is 4.39. The molecule has 0 radical (unpaired) electrons. The summed E-state index contributed by atoms with van der Waals surface area (Å²) in [7, 11) is 0. The first kappa shape index (κ1) is 10.4. The van der Waals surface area contributed by atoms with Crippen molar-refractivity contribution in [3.05, 3.63) is 23.7 Å². The van der Waals surface area contributed by atoms with E-state index in [1.54, 1.807) is 6.07 Å². The zero-order valence-electron chi connectivity index (χ0n) is 9.03. The Kier molecular flexibility index (Phi) is 2.91. The molecular weight excluding hydrogens is 190 g/mol. The fraction of sp³-hybridized carbons (Fsp3) is 0.583. The maximum atomic E-state index is 12.0. The summed E-state index contributed by atoms with van der Waals surface area (Å²) >= 11 is 0. The van der Waals surface area contributed by atoms with Crippen molar-refractivity contribution in [2.45, 2.75) is 38.6 Å². The van der Waals surface area contributed by atoms with Crippen LogP contribution in [0.2, 0.25) is 0 Å². The van der Waals surface area contributed by atoms with Crippen molar-refractivity contribution in [1.82, 2.24) is 0 Å². The van der Waals surface area contributed by atoms with Crippen molar-refractivity contribution in [3.63, 3.8) is 0 Å². The van der Waals surface area contributed by atoms with E-state index >= 15 is 0 Å². The van der Waals surface area contributed by atoms with Gasteiger partial charge in [-0.3, -0.25) is 4.79 Å². The van der Waals surface area contributed by atoms with Crippen molar-refractivity contribution in [2.75, 3.05) is 0 Å². The number of Topliss-reactive ketones (excluding diaryl/α,β-unsaturated/α-hetero) is 1. The molecule has 0 bridgehead atoms. The molecule has 1 fully saturated rings. The fourth-order valence-electron chi connectivity index (χ4n) is 2.15. The molecule has 1 heterocycles. The average Bonchev–Trinajstić information content (AvgIpc) is 2.65. The van der Waals surface area contributed by atoms with Crippen LogP contribution in [0.15, 0.2) is 16.5 Å². The molecule has 0 atom stereocenters. The molecule has 1 aromatic rings. The molecule has 0 aromatic carbocycles. The molecule has 1 saturated carbocycles. The third-order valence-corrected chi connectivity index (χ3v) is 3.13. The minimum Gasteiger partial charge on any atom is -0.458 e. The quantitative estimate of drug-likeness (QED) is 0.757. The third-order valence-electron chi connectivity index (χ3n) is 3.13. The van der Waals surface area contributed by atoms with Gasteiger partial charge in [0.1, 0.15) is 5.76 Å². The zero-order valence-corrected chi connectivity index (χ0v) is 9.03. The van der Waals surface area contributed by atoms with Crippen molar-refractivity contribution in [3.8, 4) is 0 Å². The molecule has 82 valence electrons. The van der Waals surface area contributed by atoms with E-state index in [-0.39, 0.29) is 17.7 Å². The van der Waals surface area contributed by atoms with Crippen molar-refractivity contribution in [1.29, 1.82) is 0 Å². The van der Waals surface area contributed by atoms with E-state index in [1.807, 2.05) is 13.0 Å². The van der Waals surface area contributed by atoms with Crippen molar-refractivity contribution >= 4 is 5.78 Å². The topological polar surface area (TPSA) is 56.2 Å². The van der Waals surface area contributed by atoms with E-state index in [9.17, 15) is 4.79 Å². The van der Waals surface area contributed by atoms with Crippen molar-refractivity contribution in [2.24, 2.45) is 11.7 Å². The highest BCUT2D eigenvalue weighted by Gasteiger charge is 2.26. The van der Waals surface area contributed by atoms with Gasteiger partial charge in [0.05, 0.1) is 0 Å². The Balaban J connectivity index is 2.02. The van der Waals surface area contributed by atoms with E-state index in [0.717, 1.165) is 31.4 Å². The molecule has 0 spiro atoms. The lowest BCUT2D eigenvalue weighted by Crippen LogP contribution is -2.29. The summed E-state index contributed by atoms with van der Waals surface area (Å²) in [5, 5.41) is 0. The lowest BCUT2D eigenvalue weighted by atomic mass is 9.83. The van der Waals surface area contributed by atoms with Crippen LogP contribution in [-0.2, 0) is 0 Å². The largest absolute Gasteiger partial charge is 0.458 e. The monoisotopic (exact) mass is 207 g/mol. The molecule has 2 rings (SSSR count). The summed E-state index contributed by atoms with van der Waals surface area (Å²) in [6.45, 7) is 1.85. The molecule has 0 unspecified atom stereocenters. The SMILES string of the molecule is Cc1ccc(C(=O)C2CCC(N)CC2)o1. The first-order valence-electron chi connectivity index (χ1n) is 5.53. The van der Waals surface area contributed by atoms with Crippen LogP contribution in [0.25, 0.3) is 0 Å².